The number of aliphatic hydroxyl groups excluding tert-OH is 5. The van der Waals surface area contributed by atoms with Crippen LogP contribution in [0.4, 0.5) is 4.39 Å². The van der Waals surface area contributed by atoms with Crippen LogP contribution < -0.4 is 0 Å². The number of alkyl halides is 1. The molecule has 0 heterocycles. The molecule has 5 N–H and O–H groups in total. The van der Waals surface area contributed by atoms with Crippen molar-refractivity contribution in [2.75, 3.05) is 0 Å². The Kier molecular flexibility index (Phi) is 4.76. The summed E-state index contributed by atoms with van der Waals surface area (Å²) in [7, 11) is 0. The summed E-state index contributed by atoms with van der Waals surface area (Å²) in [4.78, 5) is 12.3. The highest BCUT2D eigenvalue weighted by Crippen LogP contribution is 2.34. The Morgan fingerprint density at radius 1 is 0.850 bits per heavy atom. The van der Waals surface area contributed by atoms with E-state index < -0.39 is 54.3 Å². The zero-order valence-electron chi connectivity index (χ0n) is 11.0. The average Bonchev–Trinajstić information content (AvgIpc) is 2.41. The number of carbonyl (C=O) groups excluding carboxylic acids is 1. The largest absolute Gasteiger partial charge is 0.390 e. The SMILES string of the molecule is O=C(C1CC(O)C(F)C(O)C1)C1CCC(O)C(O)C1O. The molecular weight excluding hydrogens is 271 g/mol. The van der Waals surface area contributed by atoms with Gasteiger partial charge in [0.25, 0.3) is 0 Å². The van der Waals surface area contributed by atoms with Crippen molar-refractivity contribution in [1.29, 1.82) is 0 Å². The van der Waals surface area contributed by atoms with Gasteiger partial charge in [-0.2, -0.15) is 0 Å². The molecular formula is C13H21FO6. The predicted octanol–water partition coefficient (Wildman–Crippen LogP) is -1.48. The number of hydrogen-bond acceptors (Lipinski definition) is 6. The molecule has 2 rings (SSSR count). The second-order valence-corrected chi connectivity index (χ2v) is 5.88. The van der Waals surface area contributed by atoms with Crippen molar-refractivity contribution < 1.29 is 34.7 Å². The number of carbonyl (C=O) groups is 1. The van der Waals surface area contributed by atoms with Crippen molar-refractivity contribution in [1.82, 2.24) is 0 Å². The fourth-order valence-corrected chi connectivity index (χ4v) is 3.20. The third-order valence-corrected chi connectivity index (χ3v) is 4.48. The second kappa shape index (κ2) is 6.03. The number of halogens is 1. The van der Waals surface area contributed by atoms with E-state index in [0.717, 1.165) is 0 Å². The fourth-order valence-electron chi connectivity index (χ4n) is 3.20. The normalized spacial score (nSPS) is 49.9. The van der Waals surface area contributed by atoms with Crippen molar-refractivity contribution >= 4 is 5.78 Å². The first kappa shape index (κ1) is 15.8. The van der Waals surface area contributed by atoms with Crippen LogP contribution in [0.2, 0.25) is 0 Å². The minimum atomic E-state index is -1.76. The number of ketones is 1. The first-order chi connectivity index (χ1) is 9.32. The highest BCUT2D eigenvalue weighted by molar-refractivity contribution is 5.84. The van der Waals surface area contributed by atoms with Crippen LogP contribution in [0.3, 0.4) is 0 Å². The Balaban J connectivity index is 2.04. The molecule has 2 aliphatic rings. The van der Waals surface area contributed by atoms with Gasteiger partial charge in [-0.3, -0.25) is 4.79 Å². The first-order valence-corrected chi connectivity index (χ1v) is 6.91. The molecule has 0 saturated heterocycles. The summed E-state index contributed by atoms with van der Waals surface area (Å²) >= 11 is 0. The van der Waals surface area contributed by atoms with E-state index in [0.29, 0.717) is 0 Å². The first-order valence-electron chi connectivity index (χ1n) is 6.91. The van der Waals surface area contributed by atoms with E-state index in [4.69, 9.17) is 0 Å². The maximum absolute atomic E-state index is 13.3. The molecule has 6 atom stereocenters. The van der Waals surface area contributed by atoms with Gasteiger partial charge in [-0.05, 0) is 25.7 Å². The Morgan fingerprint density at radius 3 is 1.95 bits per heavy atom. The Bertz CT molecular complexity index is 353. The summed E-state index contributed by atoms with van der Waals surface area (Å²) in [5, 5.41) is 47.9. The maximum Gasteiger partial charge on any atom is 0.152 e. The van der Waals surface area contributed by atoms with Gasteiger partial charge in [0, 0.05) is 11.8 Å². The van der Waals surface area contributed by atoms with E-state index in [9.17, 15) is 34.7 Å². The fraction of sp³-hybridized carbons (Fsp3) is 0.923. The number of Topliss-reactive ketones (excluding diaryl/α,β-unsaturated/α-hetero) is 1. The lowest BCUT2D eigenvalue weighted by atomic mass is 9.72. The predicted molar refractivity (Wildman–Crippen MR) is 65.4 cm³/mol. The molecule has 0 bridgehead atoms. The van der Waals surface area contributed by atoms with Gasteiger partial charge >= 0.3 is 0 Å². The van der Waals surface area contributed by atoms with E-state index in [1.807, 2.05) is 0 Å². The van der Waals surface area contributed by atoms with Crippen LogP contribution in [0, 0.1) is 11.8 Å². The molecule has 20 heavy (non-hydrogen) atoms. The second-order valence-electron chi connectivity index (χ2n) is 5.88. The molecule has 0 aromatic carbocycles. The molecule has 116 valence electrons. The van der Waals surface area contributed by atoms with Gasteiger partial charge in [0.15, 0.2) is 6.17 Å². The van der Waals surface area contributed by atoms with Crippen molar-refractivity contribution in [3.63, 3.8) is 0 Å². The van der Waals surface area contributed by atoms with Crippen molar-refractivity contribution in [3.05, 3.63) is 0 Å². The van der Waals surface area contributed by atoms with Crippen LogP contribution in [-0.4, -0.2) is 68.0 Å². The third-order valence-electron chi connectivity index (χ3n) is 4.48. The molecule has 2 saturated carbocycles. The molecule has 2 fully saturated rings. The summed E-state index contributed by atoms with van der Waals surface area (Å²) < 4.78 is 13.3. The highest BCUT2D eigenvalue weighted by Gasteiger charge is 2.45. The summed E-state index contributed by atoms with van der Waals surface area (Å²) in [6, 6.07) is 0. The third kappa shape index (κ3) is 2.87. The zero-order chi connectivity index (χ0) is 15.0. The average molecular weight is 292 g/mol. The minimum absolute atomic E-state index is 0.0983. The molecule has 0 radical (unpaired) electrons. The summed E-state index contributed by atoms with van der Waals surface area (Å²) in [6.07, 6.45) is -8.16. The van der Waals surface area contributed by atoms with Crippen molar-refractivity contribution in [3.8, 4) is 0 Å². The summed E-state index contributed by atoms with van der Waals surface area (Å²) in [5.41, 5.74) is 0. The molecule has 7 heteroatoms. The molecule has 0 aromatic rings. The van der Waals surface area contributed by atoms with Gasteiger partial charge in [0.1, 0.15) is 11.9 Å². The van der Waals surface area contributed by atoms with Gasteiger partial charge in [-0.15, -0.1) is 0 Å². The molecule has 2 aliphatic carbocycles. The lowest BCUT2D eigenvalue weighted by Gasteiger charge is -2.38. The molecule has 6 nitrogen and oxygen atoms in total. The molecule has 0 aromatic heterocycles. The molecule has 6 unspecified atom stereocenters. The number of aliphatic hydroxyl groups is 5. The lowest BCUT2D eigenvalue weighted by molar-refractivity contribution is -0.152. The van der Waals surface area contributed by atoms with E-state index in [1.54, 1.807) is 0 Å². The smallest absolute Gasteiger partial charge is 0.152 e. The summed E-state index contributed by atoms with van der Waals surface area (Å²) in [6.45, 7) is 0. The molecule has 0 amide bonds. The van der Waals surface area contributed by atoms with E-state index in [1.165, 1.54) is 0 Å². The van der Waals surface area contributed by atoms with Gasteiger partial charge in [0.05, 0.1) is 24.4 Å². The topological polar surface area (TPSA) is 118 Å². The van der Waals surface area contributed by atoms with Gasteiger partial charge in [-0.1, -0.05) is 0 Å². The lowest BCUT2D eigenvalue weighted by Crippen LogP contribution is -2.52. The Labute approximate surface area is 115 Å². The van der Waals surface area contributed by atoms with Crippen LogP contribution >= 0.6 is 0 Å². The van der Waals surface area contributed by atoms with Crippen LogP contribution in [0.25, 0.3) is 0 Å². The molecule has 0 spiro atoms. The van der Waals surface area contributed by atoms with E-state index in [-0.39, 0.29) is 25.7 Å². The van der Waals surface area contributed by atoms with Crippen LogP contribution in [-0.2, 0) is 4.79 Å². The van der Waals surface area contributed by atoms with Gasteiger partial charge < -0.3 is 25.5 Å². The zero-order valence-corrected chi connectivity index (χ0v) is 11.0. The van der Waals surface area contributed by atoms with Gasteiger partial charge in [0.2, 0.25) is 0 Å². The monoisotopic (exact) mass is 292 g/mol. The minimum Gasteiger partial charge on any atom is -0.390 e. The quantitative estimate of drug-likeness (QED) is 0.423. The Morgan fingerprint density at radius 2 is 1.40 bits per heavy atom. The van der Waals surface area contributed by atoms with Gasteiger partial charge in [-0.25, -0.2) is 4.39 Å². The molecule has 0 aliphatic heterocycles. The number of hydrogen-bond donors (Lipinski definition) is 5. The van der Waals surface area contributed by atoms with E-state index >= 15 is 0 Å². The Hall–Kier alpha value is -0.600. The summed E-state index contributed by atoms with van der Waals surface area (Å²) in [5.74, 6) is -1.99. The van der Waals surface area contributed by atoms with Crippen LogP contribution in [0.1, 0.15) is 25.7 Å². The maximum atomic E-state index is 13.3. The van der Waals surface area contributed by atoms with Crippen LogP contribution in [0.5, 0.6) is 0 Å². The van der Waals surface area contributed by atoms with E-state index in [2.05, 4.69) is 0 Å². The highest BCUT2D eigenvalue weighted by atomic mass is 19.1. The van der Waals surface area contributed by atoms with Crippen LogP contribution in [0.15, 0.2) is 0 Å². The standard InChI is InChI=1S/C13H21FO6/c14-10-8(16)3-5(4-9(10)17)11(18)6-1-2-7(15)13(20)12(6)19/h5-10,12-13,15-17,19-20H,1-4H2. The van der Waals surface area contributed by atoms with Crippen molar-refractivity contribution in [2.24, 2.45) is 11.8 Å². The number of rotatable bonds is 2. The van der Waals surface area contributed by atoms with Crippen molar-refractivity contribution in [2.45, 2.75) is 62.4 Å².